The first kappa shape index (κ1) is 14.4. The molecule has 2 heteroatoms. The number of rotatable bonds is 1. The predicted octanol–water partition coefficient (Wildman–Crippen LogP) is 3.51. The van der Waals surface area contributed by atoms with Gasteiger partial charge in [0.15, 0.2) is 0 Å². The average molecular weight is 260 g/mol. The third-order valence-corrected chi connectivity index (χ3v) is 4.36. The topological polar surface area (TPSA) is 6.48 Å². The van der Waals surface area contributed by atoms with Gasteiger partial charge < -0.3 is 4.90 Å². The van der Waals surface area contributed by atoms with Gasteiger partial charge in [-0.05, 0) is 44.0 Å². The molecular weight excluding hydrogens is 232 g/mol. The Bertz CT molecular complexity index is 416. The van der Waals surface area contributed by atoms with Crippen LogP contribution in [-0.2, 0) is 5.41 Å². The van der Waals surface area contributed by atoms with Crippen LogP contribution in [-0.4, -0.2) is 37.1 Å². The van der Waals surface area contributed by atoms with Gasteiger partial charge >= 0.3 is 0 Å². The van der Waals surface area contributed by atoms with E-state index < -0.39 is 0 Å². The summed E-state index contributed by atoms with van der Waals surface area (Å²) < 4.78 is 0. The number of hydrogen-bond donors (Lipinski definition) is 0. The average Bonchev–Trinajstić information content (AvgIpc) is 2.33. The molecule has 0 radical (unpaired) electrons. The molecule has 1 aliphatic rings. The van der Waals surface area contributed by atoms with Crippen molar-refractivity contribution >= 4 is 5.69 Å². The Labute approximate surface area is 118 Å². The molecule has 1 heterocycles. The van der Waals surface area contributed by atoms with Crippen LogP contribution in [0.3, 0.4) is 0 Å². The molecule has 0 saturated carbocycles. The van der Waals surface area contributed by atoms with Crippen molar-refractivity contribution in [1.82, 2.24) is 4.90 Å². The molecule has 0 amide bonds. The molecular formula is C17H28N2. The minimum Gasteiger partial charge on any atom is -0.366 e. The Balaban J connectivity index is 2.18. The first-order valence-electron chi connectivity index (χ1n) is 7.36. The lowest BCUT2D eigenvalue weighted by Gasteiger charge is -2.44. The highest BCUT2D eigenvalue weighted by Gasteiger charge is 2.26. The van der Waals surface area contributed by atoms with Gasteiger partial charge in [0.2, 0.25) is 0 Å². The molecule has 1 aliphatic heterocycles. The molecule has 2 nitrogen and oxygen atoms in total. The highest BCUT2D eigenvalue weighted by atomic mass is 15.3. The maximum Gasteiger partial charge on any atom is 0.0389 e. The summed E-state index contributed by atoms with van der Waals surface area (Å²) in [7, 11) is 2.22. The number of piperazine rings is 1. The quantitative estimate of drug-likeness (QED) is 0.762. The van der Waals surface area contributed by atoms with Crippen LogP contribution < -0.4 is 4.90 Å². The summed E-state index contributed by atoms with van der Waals surface area (Å²) in [6.45, 7) is 13.7. The van der Waals surface area contributed by atoms with E-state index in [-0.39, 0.29) is 5.41 Å². The van der Waals surface area contributed by atoms with E-state index in [0.29, 0.717) is 12.1 Å². The Morgan fingerprint density at radius 2 is 1.53 bits per heavy atom. The number of benzene rings is 1. The molecule has 1 aromatic rings. The standard InChI is InChI=1S/C17H28N2/c1-13-12-19(14(2)11-18(13)6)16-9-7-15(8-10-16)17(3,4)5/h7-10,13-14H,11-12H2,1-6H3/t13-,14+/m0/s1. The number of nitrogens with zero attached hydrogens (tertiary/aromatic N) is 2. The van der Waals surface area contributed by atoms with E-state index in [4.69, 9.17) is 0 Å². The van der Waals surface area contributed by atoms with E-state index in [0.717, 1.165) is 13.1 Å². The fourth-order valence-corrected chi connectivity index (χ4v) is 2.81. The van der Waals surface area contributed by atoms with Gasteiger partial charge in [-0.15, -0.1) is 0 Å². The molecule has 19 heavy (non-hydrogen) atoms. The molecule has 0 spiro atoms. The minimum atomic E-state index is 0.236. The largest absolute Gasteiger partial charge is 0.366 e. The number of anilines is 1. The molecule has 0 unspecified atom stereocenters. The fraction of sp³-hybridized carbons (Fsp3) is 0.647. The molecule has 1 saturated heterocycles. The molecule has 2 atom stereocenters. The molecule has 0 bridgehead atoms. The van der Waals surface area contributed by atoms with Gasteiger partial charge in [-0.3, -0.25) is 4.90 Å². The summed E-state index contributed by atoms with van der Waals surface area (Å²) in [6, 6.07) is 10.3. The second-order valence-corrected chi connectivity index (χ2v) is 7.09. The summed E-state index contributed by atoms with van der Waals surface area (Å²) in [6.07, 6.45) is 0. The first-order chi connectivity index (χ1) is 8.79. The van der Waals surface area contributed by atoms with Gasteiger partial charge in [-0.25, -0.2) is 0 Å². The SMILES string of the molecule is C[C@@H]1CN(C)[C@@H](C)CN1c1ccc(C(C)(C)C)cc1. The van der Waals surface area contributed by atoms with Crippen LogP contribution in [0.5, 0.6) is 0 Å². The van der Waals surface area contributed by atoms with Gasteiger partial charge in [0.25, 0.3) is 0 Å². The van der Waals surface area contributed by atoms with E-state index in [9.17, 15) is 0 Å². The molecule has 1 aromatic carbocycles. The zero-order valence-electron chi connectivity index (χ0n) is 13.3. The Morgan fingerprint density at radius 3 is 2.05 bits per heavy atom. The summed E-state index contributed by atoms with van der Waals surface area (Å²) in [5, 5.41) is 0. The van der Waals surface area contributed by atoms with Gasteiger partial charge in [0, 0.05) is 30.9 Å². The third-order valence-electron chi connectivity index (χ3n) is 4.36. The van der Waals surface area contributed by atoms with Crippen molar-refractivity contribution in [2.45, 2.75) is 52.1 Å². The molecule has 2 rings (SSSR count). The summed E-state index contributed by atoms with van der Waals surface area (Å²) >= 11 is 0. The van der Waals surface area contributed by atoms with Crippen LogP contribution in [0, 0.1) is 0 Å². The second kappa shape index (κ2) is 5.16. The van der Waals surface area contributed by atoms with Gasteiger partial charge in [-0.2, -0.15) is 0 Å². The van der Waals surface area contributed by atoms with Crippen LogP contribution in [0.15, 0.2) is 24.3 Å². The summed E-state index contributed by atoms with van der Waals surface area (Å²) in [5.74, 6) is 0. The van der Waals surface area contributed by atoms with Gasteiger partial charge in [0.05, 0.1) is 0 Å². The Kier molecular flexibility index (Phi) is 3.91. The number of likely N-dealkylation sites (N-methyl/N-ethyl adjacent to an activating group) is 1. The van der Waals surface area contributed by atoms with Crippen molar-refractivity contribution in [3.05, 3.63) is 29.8 Å². The highest BCUT2D eigenvalue weighted by molar-refractivity contribution is 5.50. The van der Waals surface area contributed by atoms with Crippen molar-refractivity contribution in [3.8, 4) is 0 Å². The van der Waals surface area contributed by atoms with Crippen molar-refractivity contribution in [2.75, 3.05) is 25.0 Å². The van der Waals surface area contributed by atoms with Gasteiger partial charge in [-0.1, -0.05) is 32.9 Å². The zero-order chi connectivity index (χ0) is 14.2. The van der Waals surface area contributed by atoms with E-state index in [1.54, 1.807) is 0 Å². The second-order valence-electron chi connectivity index (χ2n) is 7.09. The van der Waals surface area contributed by atoms with Crippen molar-refractivity contribution in [2.24, 2.45) is 0 Å². The van der Waals surface area contributed by atoms with Crippen LogP contribution >= 0.6 is 0 Å². The fourth-order valence-electron chi connectivity index (χ4n) is 2.81. The molecule has 0 aromatic heterocycles. The lowest BCUT2D eigenvalue weighted by Crippen LogP contribution is -2.55. The molecule has 106 valence electrons. The van der Waals surface area contributed by atoms with Crippen molar-refractivity contribution < 1.29 is 0 Å². The summed E-state index contributed by atoms with van der Waals surface area (Å²) in [4.78, 5) is 4.99. The van der Waals surface area contributed by atoms with E-state index >= 15 is 0 Å². The van der Waals surface area contributed by atoms with Gasteiger partial charge in [0.1, 0.15) is 0 Å². The lowest BCUT2D eigenvalue weighted by atomic mass is 9.87. The predicted molar refractivity (Wildman–Crippen MR) is 84.0 cm³/mol. The smallest absolute Gasteiger partial charge is 0.0389 e. The van der Waals surface area contributed by atoms with Crippen LogP contribution in [0.4, 0.5) is 5.69 Å². The van der Waals surface area contributed by atoms with Crippen molar-refractivity contribution in [3.63, 3.8) is 0 Å². The van der Waals surface area contributed by atoms with Crippen LogP contribution in [0.1, 0.15) is 40.2 Å². The first-order valence-corrected chi connectivity index (χ1v) is 7.36. The van der Waals surface area contributed by atoms with Crippen LogP contribution in [0.25, 0.3) is 0 Å². The van der Waals surface area contributed by atoms with E-state index in [1.807, 2.05) is 0 Å². The van der Waals surface area contributed by atoms with Crippen molar-refractivity contribution in [1.29, 1.82) is 0 Å². The minimum absolute atomic E-state index is 0.236. The Hall–Kier alpha value is -1.02. The summed E-state index contributed by atoms with van der Waals surface area (Å²) in [5.41, 5.74) is 3.01. The number of hydrogen-bond acceptors (Lipinski definition) is 2. The highest BCUT2D eigenvalue weighted by Crippen LogP contribution is 2.27. The monoisotopic (exact) mass is 260 g/mol. The van der Waals surface area contributed by atoms with E-state index in [2.05, 4.69) is 75.7 Å². The molecule has 0 aliphatic carbocycles. The molecule has 0 N–H and O–H groups in total. The maximum atomic E-state index is 2.54. The zero-order valence-corrected chi connectivity index (χ0v) is 13.3. The Morgan fingerprint density at radius 1 is 0.947 bits per heavy atom. The maximum absolute atomic E-state index is 2.54. The third kappa shape index (κ3) is 3.11. The lowest BCUT2D eigenvalue weighted by molar-refractivity contribution is 0.206. The van der Waals surface area contributed by atoms with E-state index in [1.165, 1.54) is 11.3 Å². The van der Waals surface area contributed by atoms with Crippen LogP contribution in [0.2, 0.25) is 0 Å². The molecule has 1 fully saturated rings. The normalized spacial score (nSPS) is 25.7.